The first-order valence-electron chi connectivity index (χ1n) is 6.77. The smallest absolute Gasteiger partial charge is 0.265 e. The SMILES string of the molecule is N#CN1CCC(F)(C(=O)Nc2nc(-c3ccccc3)cs2)C1. The standard InChI is InChI=1S/C15H13FN4OS/c16-15(6-7-20(9-15)10-17)13(21)19-14-18-12(8-22-14)11-4-2-1-3-5-11/h1-5,8H,6-7,9H2,(H,18,19,21). The van der Waals surface area contributed by atoms with Gasteiger partial charge in [0.1, 0.15) is 0 Å². The number of rotatable bonds is 3. The molecule has 3 rings (SSSR count). The summed E-state index contributed by atoms with van der Waals surface area (Å²) in [7, 11) is 0. The van der Waals surface area contributed by atoms with Gasteiger partial charge in [-0.15, -0.1) is 11.3 Å². The monoisotopic (exact) mass is 316 g/mol. The summed E-state index contributed by atoms with van der Waals surface area (Å²) in [6.45, 7) is 0.0554. The molecule has 1 amide bonds. The Morgan fingerprint density at radius 1 is 1.45 bits per heavy atom. The van der Waals surface area contributed by atoms with E-state index in [4.69, 9.17) is 5.26 Å². The summed E-state index contributed by atoms with van der Waals surface area (Å²) in [5, 5.41) is 13.5. The molecule has 1 saturated heterocycles. The van der Waals surface area contributed by atoms with E-state index in [2.05, 4.69) is 10.3 Å². The molecule has 1 atom stereocenters. The van der Waals surface area contributed by atoms with Crippen molar-refractivity contribution in [3.8, 4) is 17.5 Å². The number of halogens is 1. The number of alkyl halides is 1. The van der Waals surface area contributed by atoms with E-state index in [0.717, 1.165) is 11.3 Å². The Morgan fingerprint density at radius 3 is 2.91 bits per heavy atom. The van der Waals surface area contributed by atoms with Gasteiger partial charge in [-0.2, -0.15) is 5.26 Å². The number of nitrogens with one attached hydrogen (secondary N) is 1. The van der Waals surface area contributed by atoms with Crippen molar-refractivity contribution in [2.45, 2.75) is 12.1 Å². The molecule has 22 heavy (non-hydrogen) atoms. The van der Waals surface area contributed by atoms with Crippen LogP contribution in [-0.4, -0.2) is 34.5 Å². The van der Waals surface area contributed by atoms with Gasteiger partial charge in [0.2, 0.25) is 5.67 Å². The molecule has 7 heteroatoms. The first-order chi connectivity index (χ1) is 10.6. The molecule has 112 valence electrons. The minimum Gasteiger partial charge on any atom is -0.307 e. The molecule has 1 aliphatic rings. The summed E-state index contributed by atoms with van der Waals surface area (Å²) >= 11 is 1.25. The fraction of sp³-hybridized carbons (Fsp3) is 0.267. The van der Waals surface area contributed by atoms with Crippen LogP contribution in [0.5, 0.6) is 0 Å². The second-order valence-corrected chi connectivity index (χ2v) is 5.95. The number of amides is 1. The van der Waals surface area contributed by atoms with E-state index in [0.29, 0.717) is 5.13 Å². The molecule has 0 radical (unpaired) electrons. The van der Waals surface area contributed by atoms with Crippen LogP contribution in [0.15, 0.2) is 35.7 Å². The van der Waals surface area contributed by atoms with Gasteiger partial charge in [0, 0.05) is 23.9 Å². The number of aromatic nitrogens is 1. The van der Waals surface area contributed by atoms with E-state index in [9.17, 15) is 9.18 Å². The Kier molecular flexibility index (Phi) is 3.77. The number of nitriles is 1. The number of hydrogen-bond acceptors (Lipinski definition) is 5. The third-order valence-corrected chi connectivity index (χ3v) is 4.32. The van der Waals surface area contributed by atoms with Gasteiger partial charge >= 0.3 is 0 Å². The lowest BCUT2D eigenvalue weighted by Gasteiger charge is -2.16. The molecule has 1 aromatic heterocycles. The summed E-state index contributed by atoms with van der Waals surface area (Å²) in [5.74, 6) is -0.737. The lowest BCUT2D eigenvalue weighted by molar-refractivity contribution is -0.126. The lowest BCUT2D eigenvalue weighted by atomic mass is 10.1. The number of carbonyl (C=O) groups excluding carboxylic acids is 1. The van der Waals surface area contributed by atoms with Crippen molar-refractivity contribution in [1.29, 1.82) is 5.26 Å². The van der Waals surface area contributed by atoms with Gasteiger partial charge in [0.05, 0.1) is 12.2 Å². The Labute approximate surface area is 131 Å². The molecule has 1 fully saturated rings. The van der Waals surface area contributed by atoms with Crippen molar-refractivity contribution in [2.75, 3.05) is 18.4 Å². The Balaban J connectivity index is 1.71. The lowest BCUT2D eigenvalue weighted by Crippen LogP contribution is -2.40. The third-order valence-electron chi connectivity index (χ3n) is 3.56. The van der Waals surface area contributed by atoms with Gasteiger partial charge in [0.15, 0.2) is 11.3 Å². The summed E-state index contributed by atoms with van der Waals surface area (Å²) in [6, 6.07) is 9.54. The number of thiazole rings is 1. The third kappa shape index (κ3) is 2.78. The fourth-order valence-corrected chi connectivity index (χ4v) is 3.04. The molecule has 0 bridgehead atoms. The zero-order valence-corrected chi connectivity index (χ0v) is 12.4. The molecule has 0 saturated carbocycles. The van der Waals surface area contributed by atoms with Crippen LogP contribution < -0.4 is 5.32 Å². The fourth-order valence-electron chi connectivity index (χ4n) is 2.33. The van der Waals surface area contributed by atoms with Crippen molar-refractivity contribution >= 4 is 22.4 Å². The number of carbonyl (C=O) groups is 1. The van der Waals surface area contributed by atoms with Crippen molar-refractivity contribution in [3.05, 3.63) is 35.7 Å². The van der Waals surface area contributed by atoms with Crippen molar-refractivity contribution in [3.63, 3.8) is 0 Å². The van der Waals surface area contributed by atoms with Crippen molar-refractivity contribution in [2.24, 2.45) is 0 Å². The summed E-state index contributed by atoms with van der Waals surface area (Å²) in [5.41, 5.74) is -0.362. The first-order valence-corrected chi connectivity index (χ1v) is 7.65. The first kappa shape index (κ1) is 14.5. The van der Waals surface area contributed by atoms with Crippen LogP contribution >= 0.6 is 11.3 Å². The summed E-state index contributed by atoms with van der Waals surface area (Å²) in [6.07, 6.45) is 1.88. The van der Waals surface area contributed by atoms with Gasteiger partial charge in [-0.1, -0.05) is 30.3 Å². The molecule has 2 aromatic rings. The van der Waals surface area contributed by atoms with E-state index < -0.39 is 11.6 Å². The number of likely N-dealkylation sites (tertiary alicyclic amines) is 1. The summed E-state index contributed by atoms with van der Waals surface area (Å²) < 4.78 is 14.5. The largest absolute Gasteiger partial charge is 0.307 e. The van der Waals surface area contributed by atoms with Crippen molar-refractivity contribution in [1.82, 2.24) is 9.88 Å². The van der Waals surface area contributed by atoms with Gasteiger partial charge in [0.25, 0.3) is 5.91 Å². The van der Waals surface area contributed by atoms with E-state index >= 15 is 0 Å². The number of benzene rings is 1. The number of nitrogens with zero attached hydrogens (tertiary/aromatic N) is 3. The topological polar surface area (TPSA) is 69.0 Å². The highest BCUT2D eigenvalue weighted by molar-refractivity contribution is 7.14. The van der Waals surface area contributed by atoms with E-state index in [1.807, 2.05) is 41.9 Å². The highest BCUT2D eigenvalue weighted by Crippen LogP contribution is 2.29. The molecule has 0 aliphatic carbocycles. The highest BCUT2D eigenvalue weighted by Gasteiger charge is 2.45. The van der Waals surface area contributed by atoms with Gasteiger partial charge in [-0.3, -0.25) is 10.1 Å². The minimum absolute atomic E-state index is 0.0172. The molecule has 1 aliphatic heterocycles. The van der Waals surface area contributed by atoms with Crippen LogP contribution in [-0.2, 0) is 4.79 Å². The Morgan fingerprint density at radius 2 is 2.23 bits per heavy atom. The predicted molar refractivity (Wildman–Crippen MR) is 81.8 cm³/mol. The van der Waals surface area contributed by atoms with Gasteiger partial charge < -0.3 is 4.90 Å². The average molecular weight is 316 g/mol. The molecule has 1 aromatic carbocycles. The second kappa shape index (κ2) is 5.73. The van der Waals surface area contributed by atoms with Crippen LogP contribution in [0.2, 0.25) is 0 Å². The average Bonchev–Trinajstić information content (AvgIpc) is 3.16. The maximum absolute atomic E-state index is 14.5. The quantitative estimate of drug-likeness (QED) is 0.884. The minimum atomic E-state index is -2.03. The summed E-state index contributed by atoms with van der Waals surface area (Å²) in [4.78, 5) is 17.6. The van der Waals surface area contributed by atoms with Crippen LogP contribution in [0.25, 0.3) is 11.3 Å². The predicted octanol–water partition coefficient (Wildman–Crippen LogP) is 2.64. The molecule has 1 unspecified atom stereocenters. The number of anilines is 1. The van der Waals surface area contributed by atoms with E-state index in [1.165, 1.54) is 16.2 Å². The second-order valence-electron chi connectivity index (χ2n) is 5.09. The Hall–Kier alpha value is -2.46. The maximum atomic E-state index is 14.5. The molecule has 5 nitrogen and oxygen atoms in total. The molecule has 1 N–H and O–H groups in total. The normalized spacial score (nSPS) is 20.6. The number of hydrogen-bond donors (Lipinski definition) is 1. The highest BCUT2D eigenvalue weighted by atomic mass is 32.1. The molecule has 2 heterocycles. The van der Waals surface area contributed by atoms with Crippen LogP contribution in [0.3, 0.4) is 0 Å². The Bertz CT molecular complexity index is 727. The molecular weight excluding hydrogens is 303 g/mol. The maximum Gasteiger partial charge on any atom is 0.265 e. The van der Waals surface area contributed by atoms with Crippen molar-refractivity contribution < 1.29 is 9.18 Å². The van der Waals surface area contributed by atoms with Crippen LogP contribution in [0, 0.1) is 11.5 Å². The zero-order valence-electron chi connectivity index (χ0n) is 11.6. The van der Waals surface area contributed by atoms with E-state index in [-0.39, 0.29) is 19.5 Å². The van der Waals surface area contributed by atoms with Gasteiger partial charge in [-0.05, 0) is 0 Å². The van der Waals surface area contributed by atoms with Gasteiger partial charge in [-0.25, -0.2) is 9.37 Å². The zero-order chi connectivity index (χ0) is 15.6. The van der Waals surface area contributed by atoms with Crippen LogP contribution in [0.4, 0.5) is 9.52 Å². The molecular formula is C15H13FN4OS. The molecule has 0 spiro atoms. The van der Waals surface area contributed by atoms with E-state index in [1.54, 1.807) is 0 Å². The van der Waals surface area contributed by atoms with Crippen LogP contribution in [0.1, 0.15) is 6.42 Å².